The van der Waals surface area contributed by atoms with Crippen LogP contribution in [0.5, 0.6) is 5.75 Å². The summed E-state index contributed by atoms with van der Waals surface area (Å²) in [4.78, 5) is 16.6. The number of rotatable bonds is 6. The molecule has 0 saturated heterocycles. The molecule has 1 aliphatic heterocycles. The minimum absolute atomic E-state index is 0.0470. The third kappa shape index (κ3) is 7.42. The Kier molecular flexibility index (Phi) is 9.80. The number of hydrogen-bond acceptors (Lipinski definition) is 6. The fourth-order valence-electron chi connectivity index (χ4n) is 4.86. The minimum Gasteiger partial charge on any atom is -0.491 e. The lowest BCUT2D eigenvalue weighted by Crippen LogP contribution is -2.46. The van der Waals surface area contributed by atoms with Gasteiger partial charge in [-0.2, -0.15) is 0 Å². The van der Waals surface area contributed by atoms with Crippen molar-refractivity contribution >= 4 is 21.6 Å². The number of carbonyl (C=O) groups is 1. The summed E-state index contributed by atoms with van der Waals surface area (Å²) in [5, 5.41) is 0. The Bertz CT molecular complexity index is 1540. The van der Waals surface area contributed by atoms with Crippen molar-refractivity contribution in [3.05, 3.63) is 89.2 Å². The number of sulfonamides is 1. The summed E-state index contributed by atoms with van der Waals surface area (Å²) in [5.74, 6) is -2.11. The summed E-state index contributed by atoms with van der Waals surface area (Å²) in [6, 6.07) is 11.8. The van der Waals surface area contributed by atoms with E-state index in [0.717, 1.165) is 30.3 Å². The average molecular weight is 606 g/mol. The molecule has 0 unspecified atom stereocenters. The van der Waals surface area contributed by atoms with Crippen LogP contribution in [-0.4, -0.2) is 70.1 Å². The third-order valence-electron chi connectivity index (χ3n) is 7.32. The number of anilines is 1. The quantitative estimate of drug-likeness (QED) is 0.430. The zero-order chi connectivity index (χ0) is 30.6. The average Bonchev–Trinajstić information content (AvgIpc) is 2.95. The predicted molar refractivity (Wildman–Crippen MR) is 152 cm³/mol. The second kappa shape index (κ2) is 13.1. The monoisotopic (exact) mass is 605 g/mol. The molecule has 226 valence electrons. The molecular weight excluding hydrogens is 571 g/mol. The van der Waals surface area contributed by atoms with Crippen molar-refractivity contribution in [1.82, 2.24) is 9.80 Å². The number of benzene rings is 3. The molecule has 0 radical (unpaired) electrons. The smallest absolute Gasteiger partial charge is 0.261 e. The number of nitrogens with one attached hydrogen (secondary N) is 1. The van der Waals surface area contributed by atoms with E-state index in [9.17, 15) is 26.4 Å². The topological polar surface area (TPSA) is 88.2 Å². The van der Waals surface area contributed by atoms with Crippen molar-refractivity contribution < 1.29 is 35.9 Å². The van der Waals surface area contributed by atoms with E-state index in [-0.39, 0.29) is 71.1 Å². The zero-order valence-electron chi connectivity index (χ0n) is 23.8. The first-order chi connectivity index (χ1) is 19.9. The Morgan fingerprint density at radius 3 is 2.45 bits per heavy atom. The van der Waals surface area contributed by atoms with Gasteiger partial charge in [-0.15, -0.1) is 0 Å². The highest BCUT2D eigenvalue weighted by Crippen LogP contribution is 2.29. The van der Waals surface area contributed by atoms with Gasteiger partial charge in [-0.1, -0.05) is 13.0 Å². The van der Waals surface area contributed by atoms with E-state index in [1.54, 1.807) is 14.2 Å². The van der Waals surface area contributed by atoms with Gasteiger partial charge in [0.25, 0.3) is 15.9 Å². The molecule has 0 aliphatic carbocycles. The number of carbonyl (C=O) groups excluding carboxylic acids is 1. The van der Waals surface area contributed by atoms with Crippen LogP contribution in [0.25, 0.3) is 0 Å². The van der Waals surface area contributed by atoms with Crippen LogP contribution in [0.4, 0.5) is 18.9 Å². The van der Waals surface area contributed by atoms with Crippen molar-refractivity contribution in [3.8, 4) is 5.75 Å². The van der Waals surface area contributed by atoms with Crippen LogP contribution in [0.2, 0.25) is 0 Å². The zero-order valence-corrected chi connectivity index (χ0v) is 24.6. The van der Waals surface area contributed by atoms with E-state index in [0.29, 0.717) is 6.54 Å². The standard InChI is InChI=1S/C30H34F3N3O5S/c1-19-15-36(16-21-12-23(32)8-11-27(21)33)20(2)18-41-28-14-24(34-42(38,39)25-7-5-6-22(31)13-25)9-10-26(28)30(37)35(3)17-29(19)40-4/h5-14,19-20,29,34H,15-18H2,1-4H3/t19-,20+,29+/m1/s1. The molecule has 0 fully saturated rings. The van der Waals surface area contributed by atoms with Gasteiger partial charge in [0.1, 0.15) is 29.8 Å². The van der Waals surface area contributed by atoms with Crippen LogP contribution >= 0.6 is 0 Å². The maximum absolute atomic E-state index is 14.6. The van der Waals surface area contributed by atoms with E-state index >= 15 is 0 Å². The van der Waals surface area contributed by atoms with Crippen LogP contribution in [0.1, 0.15) is 29.8 Å². The van der Waals surface area contributed by atoms with Crippen LogP contribution < -0.4 is 9.46 Å². The number of methoxy groups -OCH3 is 1. The molecule has 0 aromatic heterocycles. The summed E-state index contributed by atoms with van der Waals surface area (Å²) < 4.78 is 82.2. The van der Waals surface area contributed by atoms with Crippen LogP contribution in [0.3, 0.4) is 0 Å². The van der Waals surface area contributed by atoms with E-state index in [2.05, 4.69) is 4.72 Å². The van der Waals surface area contributed by atoms with Crippen molar-refractivity contribution in [3.63, 3.8) is 0 Å². The van der Waals surface area contributed by atoms with Gasteiger partial charge < -0.3 is 14.4 Å². The number of fused-ring (bicyclic) bond motifs is 1. The molecule has 3 aromatic carbocycles. The molecule has 0 spiro atoms. The van der Waals surface area contributed by atoms with Gasteiger partial charge in [0, 0.05) is 51.5 Å². The predicted octanol–water partition coefficient (Wildman–Crippen LogP) is 4.91. The molecule has 4 rings (SSSR count). The number of ether oxygens (including phenoxy) is 2. The molecular formula is C30H34F3N3O5S. The molecule has 42 heavy (non-hydrogen) atoms. The van der Waals surface area contributed by atoms with Gasteiger partial charge in [-0.05, 0) is 61.4 Å². The number of nitrogens with zero attached hydrogens (tertiary/aromatic N) is 2. The third-order valence-corrected chi connectivity index (χ3v) is 8.69. The van der Waals surface area contributed by atoms with Crippen molar-refractivity contribution in [2.45, 2.75) is 37.4 Å². The number of likely N-dealkylation sites (N-methyl/N-ethyl adjacent to an activating group) is 1. The number of hydrogen-bond donors (Lipinski definition) is 1. The van der Waals surface area contributed by atoms with Crippen molar-refractivity contribution in [2.75, 3.05) is 38.6 Å². The SMILES string of the molecule is CO[C@H]1CN(C)C(=O)c2ccc(NS(=O)(=O)c3cccc(F)c3)cc2OC[C@H](C)N(Cc2cc(F)ccc2F)C[C@H]1C. The van der Waals surface area contributed by atoms with E-state index in [1.165, 1.54) is 35.2 Å². The van der Waals surface area contributed by atoms with E-state index in [4.69, 9.17) is 9.47 Å². The summed E-state index contributed by atoms with van der Waals surface area (Å²) in [6.07, 6.45) is -0.368. The summed E-state index contributed by atoms with van der Waals surface area (Å²) in [7, 11) is -0.957. The Morgan fingerprint density at radius 2 is 1.74 bits per heavy atom. The van der Waals surface area contributed by atoms with Gasteiger partial charge in [-0.25, -0.2) is 21.6 Å². The largest absolute Gasteiger partial charge is 0.491 e. The van der Waals surface area contributed by atoms with Crippen LogP contribution in [0.15, 0.2) is 65.6 Å². The maximum atomic E-state index is 14.6. The molecule has 1 amide bonds. The molecule has 1 aliphatic rings. The fraction of sp³-hybridized carbons (Fsp3) is 0.367. The molecule has 8 nitrogen and oxygen atoms in total. The highest BCUT2D eigenvalue weighted by Gasteiger charge is 2.29. The highest BCUT2D eigenvalue weighted by atomic mass is 32.2. The number of amides is 1. The lowest BCUT2D eigenvalue weighted by atomic mass is 10.0. The van der Waals surface area contributed by atoms with E-state index in [1.807, 2.05) is 18.7 Å². The van der Waals surface area contributed by atoms with Crippen molar-refractivity contribution in [1.29, 1.82) is 0 Å². The first-order valence-electron chi connectivity index (χ1n) is 13.4. The lowest BCUT2D eigenvalue weighted by Gasteiger charge is -2.36. The summed E-state index contributed by atoms with van der Waals surface area (Å²) in [5.41, 5.74) is 0.497. The van der Waals surface area contributed by atoms with Gasteiger partial charge in [0.05, 0.1) is 22.3 Å². The normalized spacial score (nSPS) is 20.7. The second-order valence-electron chi connectivity index (χ2n) is 10.5. The van der Waals surface area contributed by atoms with Gasteiger partial charge >= 0.3 is 0 Å². The van der Waals surface area contributed by atoms with Gasteiger partial charge in [0.15, 0.2) is 0 Å². The first kappa shape index (κ1) is 31.3. The Labute approximate surface area is 244 Å². The van der Waals surface area contributed by atoms with Crippen LogP contribution in [0, 0.1) is 23.4 Å². The Balaban J connectivity index is 1.68. The van der Waals surface area contributed by atoms with Crippen LogP contribution in [-0.2, 0) is 21.3 Å². The van der Waals surface area contributed by atoms with E-state index < -0.39 is 27.5 Å². The Morgan fingerprint density at radius 1 is 1.00 bits per heavy atom. The summed E-state index contributed by atoms with van der Waals surface area (Å²) in [6.45, 7) is 4.64. The molecule has 1 heterocycles. The first-order valence-corrected chi connectivity index (χ1v) is 14.9. The van der Waals surface area contributed by atoms with Gasteiger partial charge in [0.2, 0.25) is 0 Å². The molecule has 1 N–H and O–H groups in total. The molecule has 0 saturated carbocycles. The molecule has 0 bridgehead atoms. The molecule has 3 aromatic rings. The number of halogens is 3. The fourth-order valence-corrected chi connectivity index (χ4v) is 5.94. The maximum Gasteiger partial charge on any atom is 0.261 e. The van der Waals surface area contributed by atoms with Crippen molar-refractivity contribution in [2.24, 2.45) is 5.92 Å². The highest BCUT2D eigenvalue weighted by molar-refractivity contribution is 7.92. The Hall–Kier alpha value is -3.61. The summed E-state index contributed by atoms with van der Waals surface area (Å²) >= 11 is 0. The van der Waals surface area contributed by atoms with Gasteiger partial charge in [-0.3, -0.25) is 14.4 Å². The minimum atomic E-state index is -4.14. The molecule has 12 heteroatoms. The lowest BCUT2D eigenvalue weighted by molar-refractivity contribution is 0.00903. The molecule has 3 atom stereocenters. The second-order valence-corrected chi connectivity index (χ2v) is 12.2.